The predicted molar refractivity (Wildman–Crippen MR) is 122 cm³/mol. The van der Waals surface area contributed by atoms with Gasteiger partial charge in [0.05, 0.1) is 0 Å². The van der Waals surface area contributed by atoms with Gasteiger partial charge in [-0.2, -0.15) is 0 Å². The van der Waals surface area contributed by atoms with Crippen LogP contribution in [0.25, 0.3) is 18.2 Å². The van der Waals surface area contributed by atoms with Crippen LogP contribution in [-0.2, 0) is 4.79 Å². The number of rotatable bonds is 5. The summed E-state index contributed by atoms with van der Waals surface area (Å²) in [5.74, 6) is -0.687. The van der Waals surface area contributed by atoms with Crippen molar-refractivity contribution in [3.05, 3.63) is 107 Å². The SMILES string of the molecule is O=C(C=Cc1ccc(F)cc1)NC(=S)Nc1ccc(C=Cc2ccccc2)cc1. The van der Waals surface area contributed by atoms with Crippen LogP contribution in [0.15, 0.2) is 84.9 Å². The summed E-state index contributed by atoms with van der Waals surface area (Å²) < 4.78 is 12.9. The fourth-order valence-electron chi connectivity index (χ4n) is 2.50. The second-order valence-electron chi connectivity index (χ2n) is 6.19. The zero-order chi connectivity index (χ0) is 20.5. The monoisotopic (exact) mass is 402 g/mol. The van der Waals surface area contributed by atoms with E-state index in [2.05, 4.69) is 10.6 Å². The first kappa shape index (κ1) is 20.2. The molecule has 3 aromatic rings. The molecule has 3 rings (SSSR count). The molecule has 0 bridgehead atoms. The van der Waals surface area contributed by atoms with Gasteiger partial charge in [-0.15, -0.1) is 0 Å². The predicted octanol–water partition coefficient (Wildman–Crippen LogP) is 5.52. The molecule has 0 saturated carbocycles. The van der Waals surface area contributed by atoms with E-state index in [0.717, 1.165) is 22.4 Å². The lowest BCUT2D eigenvalue weighted by molar-refractivity contribution is -0.115. The summed E-state index contributed by atoms with van der Waals surface area (Å²) in [5.41, 5.74) is 3.68. The van der Waals surface area contributed by atoms with E-state index in [1.54, 1.807) is 18.2 Å². The van der Waals surface area contributed by atoms with E-state index in [9.17, 15) is 9.18 Å². The van der Waals surface area contributed by atoms with Gasteiger partial charge in [0, 0.05) is 11.8 Å². The smallest absolute Gasteiger partial charge is 0.250 e. The Morgan fingerprint density at radius 3 is 1.97 bits per heavy atom. The van der Waals surface area contributed by atoms with E-state index < -0.39 is 0 Å². The van der Waals surface area contributed by atoms with Gasteiger partial charge in [0.25, 0.3) is 0 Å². The van der Waals surface area contributed by atoms with Crippen molar-refractivity contribution in [3.8, 4) is 0 Å². The molecule has 0 aliphatic heterocycles. The first-order valence-electron chi connectivity index (χ1n) is 8.97. The summed E-state index contributed by atoms with van der Waals surface area (Å²) in [7, 11) is 0. The van der Waals surface area contributed by atoms with E-state index in [-0.39, 0.29) is 16.8 Å². The molecule has 3 aromatic carbocycles. The molecule has 2 N–H and O–H groups in total. The van der Waals surface area contributed by atoms with Gasteiger partial charge < -0.3 is 5.32 Å². The Morgan fingerprint density at radius 1 is 0.759 bits per heavy atom. The molecule has 5 heteroatoms. The van der Waals surface area contributed by atoms with Crippen molar-refractivity contribution < 1.29 is 9.18 Å². The highest BCUT2D eigenvalue weighted by Gasteiger charge is 2.02. The Labute approximate surface area is 174 Å². The first-order valence-corrected chi connectivity index (χ1v) is 9.38. The summed E-state index contributed by atoms with van der Waals surface area (Å²) in [4.78, 5) is 11.9. The molecule has 144 valence electrons. The van der Waals surface area contributed by atoms with E-state index in [4.69, 9.17) is 12.2 Å². The maximum Gasteiger partial charge on any atom is 0.250 e. The normalized spacial score (nSPS) is 10.9. The third-order valence-electron chi connectivity index (χ3n) is 3.97. The summed E-state index contributed by atoms with van der Waals surface area (Å²) in [6.45, 7) is 0. The van der Waals surface area contributed by atoms with Gasteiger partial charge in [0.1, 0.15) is 5.82 Å². The van der Waals surface area contributed by atoms with Crippen LogP contribution in [0, 0.1) is 5.82 Å². The summed E-state index contributed by atoms with van der Waals surface area (Å²) in [6, 6.07) is 23.6. The van der Waals surface area contributed by atoms with E-state index in [1.807, 2.05) is 66.7 Å². The third-order valence-corrected chi connectivity index (χ3v) is 4.17. The molecule has 0 aliphatic rings. The number of carbonyl (C=O) groups excluding carboxylic acids is 1. The van der Waals surface area contributed by atoms with Gasteiger partial charge >= 0.3 is 0 Å². The summed E-state index contributed by atoms with van der Waals surface area (Å²) in [5, 5.41) is 5.75. The van der Waals surface area contributed by atoms with Gasteiger partial charge in [0.2, 0.25) is 5.91 Å². The Bertz CT molecular complexity index is 1030. The zero-order valence-electron chi connectivity index (χ0n) is 15.5. The number of nitrogens with one attached hydrogen (secondary N) is 2. The second kappa shape index (κ2) is 10.1. The van der Waals surface area contributed by atoms with Crippen LogP contribution in [0.4, 0.5) is 10.1 Å². The molecule has 0 aromatic heterocycles. The first-order chi connectivity index (χ1) is 14.1. The quantitative estimate of drug-likeness (QED) is 0.335. The molecule has 0 spiro atoms. The maximum atomic E-state index is 12.9. The number of hydrogen-bond acceptors (Lipinski definition) is 2. The van der Waals surface area contributed by atoms with Gasteiger partial charge in [0.15, 0.2) is 5.11 Å². The number of anilines is 1. The number of amides is 1. The van der Waals surface area contributed by atoms with Crippen molar-refractivity contribution in [2.45, 2.75) is 0 Å². The van der Waals surface area contributed by atoms with Gasteiger partial charge in [-0.1, -0.05) is 66.7 Å². The zero-order valence-corrected chi connectivity index (χ0v) is 16.3. The number of carbonyl (C=O) groups is 1. The number of thiocarbonyl (C=S) groups is 1. The van der Waals surface area contributed by atoms with Crippen molar-refractivity contribution in [2.24, 2.45) is 0 Å². The van der Waals surface area contributed by atoms with Crippen LogP contribution >= 0.6 is 12.2 Å². The minimum Gasteiger partial charge on any atom is -0.332 e. The molecule has 0 aliphatic carbocycles. The third kappa shape index (κ3) is 6.83. The van der Waals surface area contributed by atoms with Crippen LogP contribution in [0.3, 0.4) is 0 Å². The fraction of sp³-hybridized carbons (Fsp3) is 0. The standard InChI is InChI=1S/C24H19FN2OS/c25-21-13-8-20(9-14-21)12-17-23(28)27-24(29)26-22-15-10-19(11-16-22)7-6-18-4-2-1-3-5-18/h1-17H,(H2,26,27,28,29). The Hall–Kier alpha value is -3.57. The van der Waals surface area contributed by atoms with Crippen LogP contribution in [0.1, 0.15) is 16.7 Å². The molecule has 3 nitrogen and oxygen atoms in total. The van der Waals surface area contributed by atoms with E-state index in [1.165, 1.54) is 18.2 Å². The largest absolute Gasteiger partial charge is 0.332 e. The van der Waals surface area contributed by atoms with Gasteiger partial charge in [-0.3, -0.25) is 10.1 Å². The summed E-state index contributed by atoms with van der Waals surface area (Å²) in [6.07, 6.45) is 7.00. The maximum absolute atomic E-state index is 12.9. The highest BCUT2D eigenvalue weighted by atomic mass is 32.1. The van der Waals surface area contributed by atoms with Crippen molar-refractivity contribution in [3.63, 3.8) is 0 Å². The van der Waals surface area contributed by atoms with Crippen LogP contribution in [0.5, 0.6) is 0 Å². The molecular formula is C24H19FN2OS. The Morgan fingerprint density at radius 2 is 1.31 bits per heavy atom. The molecular weight excluding hydrogens is 383 g/mol. The molecule has 0 radical (unpaired) electrons. The number of halogens is 1. The van der Waals surface area contributed by atoms with Crippen molar-refractivity contribution in [1.29, 1.82) is 0 Å². The molecule has 0 atom stereocenters. The highest BCUT2D eigenvalue weighted by Crippen LogP contribution is 2.13. The lowest BCUT2D eigenvalue weighted by Gasteiger charge is -2.08. The lowest BCUT2D eigenvalue weighted by Crippen LogP contribution is -2.32. The van der Waals surface area contributed by atoms with Gasteiger partial charge in [-0.25, -0.2) is 4.39 Å². The Balaban J connectivity index is 1.50. The van der Waals surface area contributed by atoms with Crippen LogP contribution < -0.4 is 10.6 Å². The van der Waals surface area contributed by atoms with Crippen molar-refractivity contribution in [1.82, 2.24) is 5.32 Å². The average Bonchev–Trinajstić information content (AvgIpc) is 2.73. The average molecular weight is 402 g/mol. The fourth-order valence-corrected chi connectivity index (χ4v) is 2.71. The summed E-state index contributed by atoms with van der Waals surface area (Å²) >= 11 is 5.17. The lowest BCUT2D eigenvalue weighted by atomic mass is 10.1. The van der Waals surface area contributed by atoms with Crippen LogP contribution in [-0.4, -0.2) is 11.0 Å². The molecule has 1 amide bonds. The topological polar surface area (TPSA) is 41.1 Å². The minimum atomic E-state index is -0.366. The highest BCUT2D eigenvalue weighted by molar-refractivity contribution is 7.80. The molecule has 0 saturated heterocycles. The van der Waals surface area contributed by atoms with E-state index in [0.29, 0.717) is 0 Å². The molecule has 29 heavy (non-hydrogen) atoms. The second-order valence-corrected chi connectivity index (χ2v) is 6.60. The number of hydrogen-bond donors (Lipinski definition) is 2. The minimum absolute atomic E-state index is 0.200. The van der Waals surface area contributed by atoms with Crippen molar-refractivity contribution >= 4 is 47.2 Å². The van der Waals surface area contributed by atoms with Crippen LogP contribution in [0.2, 0.25) is 0 Å². The van der Waals surface area contributed by atoms with Crippen molar-refractivity contribution in [2.75, 3.05) is 5.32 Å². The Kier molecular flexibility index (Phi) is 7.03. The van der Waals surface area contributed by atoms with Gasteiger partial charge in [-0.05, 0) is 59.2 Å². The molecule has 0 heterocycles. The molecule has 0 unspecified atom stereocenters. The number of benzene rings is 3. The van der Waals surface area contributed by atoms with E-state index >= 15 is 0 Å². The molecule has 0 fully saturated rings.